The predicted molar refractivity (Wildman–Crippen MR) is 92.4 cm³/mol. The van der Waals surface area contributed by atoms with E-state index in [1.807, 2.05) is 0 Å². The van der Waals surface area contributed by atoms with Gasteiger partial charge in [-0.25, -0.2) is 0 Å². The predicted octanol–water partition coefficient (Wildman–Crippen LogP) is 3.15. The Kier molecular flexibility index (Phi) is 5.03. The Hall–Kier alpha value is -2.81. The van der Waals surface area contributed by atoms with E-state index < -0.39 is 10.8 Å². The van der Waals surface area contributed by atoms with Crippen LogP contribution < -0.4 is 19.5 Å². The maximum absolute atomic E-state index is 12.1. The van der Waals surface area contributed by atoms with Crippen molar-refractivity contribution in [2.75, 3.05) is 25.1 Å². The van der Waals surface area contributed by atoms with E-state index in [9.17, 15) is 14.9 Å². The summed E-state index contributed by atoms with van der Waals surface area (Å²) in [5.74, 6) is 0.975. The Labute approximate surface area is 151 Å². The molecule has 9 heteroatoms. The lowest BCUT2D eigenvalue weighted by Gasteiger charge is -2.20. The number of rotatable bonds is 5. The Morgan fingerprint density at radius 3 is 2.68 bits per heavy atom. The minimum absolute atomic E-state index is 0.104. The van der Waals surface area contributed by atoms with Crippen LogP contribution in [-0.4, -0.2) is 30.7 Å². The lowest BCUT2D eigenvalue weighted by molar-refractivity contribution is -0.384. The topological polar surface area (TPSA) is 99.9 Å². The van der Waals surface area contributed by atoms with Crippen molar-refractivity contribution in [2.24, 2.45) is 0 Å². The molecule has 0 saturated heterocycles. The molecule has 3 rings (SSSR count). The highest BCUT2D eigenvalue weighted by atomic mass is 79.9. The fourth-order valence-electron chi connectivity index (χ4n) is 2.18. The Morgan fingerprint density at radius 1 is 1.24 bits per heavy atom. The van der Waals surface area contributed by atoms with Gasteiger partial charge in [-0.05, 0) is 22.0 Å². The van der Waals surface area contributed by atoms with Gasteiger partial charge in [0.1, 0.15) is 19.0 Å². The summed E-state index contributed by atoms with van der Waals surface area (Å²) in [6, 6.07) is 9.00. The standard InChI is InChI=1S/C16H13BrN2O6/c17-12-7-14-15(24-5-4-23-14)8-13(12)18-16(20)9-25-11-3-1-2-10(6-11)19(21)22/h1-3,6-8H,4-5,9H2,(H,18,20). The van der Waals surface area contributed by atoms with Gasteiger partial charge < -0.3 is 19.5 Å². The third-order valence-electron chi connectivity index (χ3n) is 3.30. The molecule has 1 N–H and O–H groups in total. The molecule has 1 amide bonds. The van der Waals surface area contributed by atoms with Crippen molar-refractivity contribution in [1.82, 2.24) is 0 Å². The minimum atomic E-state index is -0.529. The van der Waals surface area contributed by atoms with Crippen LogP contribution in [0.5, 0.6) is 17.2 Å². The molecule has 2 aromatic rings. The lowest BCUT2D eigenvalue weighted by Crippen LogP contribution is -2.21. The molecule has 0 aromatic heterocycles. The summed E-state index contributed by atoms with van der Waals surface area (Å²) in [5.41, 5.74) is 0.407. The minimum Gasteiger partial charge on any atom is -0.486 e. The van der Waals surface area contributed by atoms with Crippen LogP contribution in [0.2, 0.25) is 0 Å². The highest BCUT2D eigenvalue weighted by Crippen LogP contribution is 2.38. The number of halogens is 1. The number of nitro groups is 1. The lowest BCUT2D eigenvalue weighted by atomic mass is 10.2. The molecule has 8 nitrogen and oxygen atoms in total. The number of benzene rings is 2. The van der Waals surface area contributed by atoms with Gasteiger partial charge in [-0.2, -0.15) is 0 Å². The van der Waals surface area contributed by atoms with E-state index in [2.05, 4.69) is 21.2 Å². The summed E-state index contributed by atoms with van der Waals surface area (Å²) in [6.45, 7) is 0.627. The fourth-order valence-corrected chi connectivity index (χ4v) is 2.60. The van der Waals surface area contributed by atoms with E-state index in [-0.39, 0.29) is 18.0 Å². The van der Waals surface area contributed by atoms with Crippen LogP contribution in [0, 0.1) is 10.1 Å². The first-order valence-electron chi connectivity index (χ1n) is 7.29. The summed E-state index contributed by atoms with van der Waals surface area (Å²) < 4.78 is 16.9. The monoisotopic (exact) mass is 408 g/mol. The number of nitrogens with one attached hydrogen (secondary N) is 1. The summed E-state index contributed by atoms with van der Waals surface area (Å²) in [5, 5.41) is 13.4. The zero-order valence-electron chi connectivity index (χ0n) is 12.9. The van der Waals surface area contributed by atoms with E-state index in [4.69, 9.17) is 14.2 Å². The molecule has 0 spiro atoms. The molecule has 0 aliphatic carbocycles. The molecule has 0 saturated carbocycles. The van der Waals surface area contributed by atoms with Crippen molar-refractivity contribution < 1.29 is 23.9 Å². The van der Waals surface area contributed by atoms with Gasteiger partial charge in [-0.15, -0.1) is 0 Å². The molecule has 0 radical (unpaired) electrons. The molecule has 0 fully saturated rings. The number of non-ortho nitro benzene ring substituents is 1. The van der Waals surface area contributed by atoms with E-state index >= 15 is 0 Å². The number of hydrogen-bond acceptors (Lipinski definition) is 6. The van der Waals surface area contributed by atoms with Gasteiger partial charge in [0.05, 0.1) is 16.7 Å². The summed E-state index contributed by atoms with van der Waals surface area (Å²) in [7, 11) is 0. The number of amides is 1. The van der Waals surface area contributed by atoms with Crippen molar-refractivity contribution in [1.29, 1.82) is 0 Å². The second kappa shape index (κ2) is 7.39. The van der Waals surface area contributed by atoms with Gasteiger partial charge in [0.15, 0.2) is 18.1 Å². The molecular weight excluding hydrogens is 396 g/mol. The molecule has 0 unspecified atom stereocenters. The maximum Gasteiger partial charge on any atom is 0.273 e. The highest BCUT2D eigenvalue weighted by molar-refractivity contribution is 9.10. The normalized spacial score (nSPS) is 12.4. The van der Waals surface area contributed by atoms with E-state index in [0.29, 0.717) is 34.9 Å². The van der Waals surface area contributed by atoms with Gasteiger partial charge in [0, 0.05) is 22.7 Å². The van der Waals surface area contributed by atoms with Gasteiger partial charge in [-0.1, -0.05) is 6.07 Å². The van der Waals surface area contributed by atoms with Crippen molar-refractivity contribution in [2.45, 2.75) is 0 Å². The number of ether oxygens (including phenoxy) is 3. The average Bonchev–Trinajstić information content (AvgIpc) is 2.61. The fraction of sp³-hybridized carbons (Fsp3) is 0.188. The largest absolute Gasteiger partial charge is 0.486 e. The summed E-state index contributed by atoms with van der Waals surface area (Å²) in [4.78, 5) is 22.3. The molecule has 1 heterocycles. The highest BCUT2D eigenvalue weighted by Gasteiger charge is 2.16. The molecule has 1 aliphatic heterocycles. The smallest absolute Gasteiger partial charge is 0.273 e. The van der Waals surface area contributed by atoms with Crippen LogP contribution >= 0.6 is 15.9 Å². The quantitative estimate of drug-likeness (QED) is 0.602. The second-order valence-corrected chi connectivity index (χ2v) is 5.92. The molecule has 0 bridgehead atoms. The number of nitrogens with zero attached hydrogens (tertiary/aromatic N) is 1. The van der Waals surface area contributed by atoms with Crippen molar-refractivity contribution >= 4 is 33.2 Å². The van der Waals surface area contributed by atoms with Crippen LogP contribution in [0.3, 0.4) is 0 Å². The Balaban J connectivity index is 1.63. The molecule has 25 heavy (non-hydrogen) atoms. The zero-order chi connectivity index (χ0) is 17.8. The Bertz CT molecular complexity index is 826. The summed E-state index contributed by atoms with van der Waals surface area (Å²) >= 11 is 3.36. The first-order chi connectivity index (χ1) is 12.0. The number of anilines is 1. The van der Waals surface area contributed by atoms with Crippen molar-refractivity contribution in [3.05, 3.63) is 51.0 Å². The SMILES string of the molecule is O=C(COc1cccc([N+](=O)[O-])c1)Nc1cc2c(cc1Br)OCCO2. The van der Waals surface area contributed by atoms with E-state index in [0.717, 1.165) is 0 Å². The first kappa shape index (κ1) is 17.0. The van der Waals surface area contributed by atoms with Gasteiger partial charge >= 0.3 is 0 Å². The van der Waals surface area contributed by atoms with Crippen molar-refractivity contribution in [3.8, 4) is 17.2 Å². The molecule has 0 atom stereocenters. The van der Waals surface area contributed by atoms with Crippen LogP contribution in [0.1, 0.15) is 0 Å². The van der Waals surface area contributed by atoms with Crippen LogP contribution in [0.15, 0.2) is 40.9 Å². The van der Waals surface area contributed by atoms with Crippen molar-refractivity contribution in [3.63, 3.8) is 0 Å². The number of carbonyl (C=O) groups is 1. The molecule has 1 aliphatic rings. The average molecular weight is 409 g/mol. The molecular formula is C16H13BrN2O6. The zero-order valence-corrected chi connectivity index (χ0v) is 14.4. The maximum atomic E-state index is 12.1. The van der Waals surface area contributed by atoms with Gasteiger partial charge in [0.2, 0.25) is 0 Å². The Morgan fingerprint density at radius 2 is 1.96 bits per heavy atom. The first-order valence-corrected chi connectivity index (χ1v) is 8.08. The van der Waals surface area contributed by atoms with Gasteiger partial charge in [-0.3, -0.25) is 14.9 Å². The van der Waals surface area contributed by atoms with Gasteiger partial charge in [0.25, 0.3) is 11.6 Å². The van der Waals surface area contributed by atoms with Crippen LogP contribution in [0.4, 0.5) is 11.4 Å². The molecule has 130 valence electrons. The number of carbonyl (C=O) groups excluding carboxylic acids is 1. The summed E-state index contributed by atoms with van der Waals surface area (Å²) in [6.07, 6.45) is 0. The third kappa shape index (κ3) is 4.18. The second-order valence-electron chi connectivity index (χ2n) is 5.07. The third-order valence-corrected chi connectivity index (χ3v) is 3.96. The number of hydrogen-bond donors (Lipinski definition) is 1. The van der Waals surface area contributed by atoms with Crippen LogP contribution in [0.25, 0.3) is 0 Å². The van der Waals surface area contributed by atoms with Crippen LogP contribution in [-0.2, 0) is 4.79 Å². The van der Waals surface area contributed by atoms with E-state index in [1.165, 1.54) is 18.2 Å². The van der Waals surface area contributed by atoms with E-state index in [1.54, 1.807) is 18.2 Å². The number of nitro benzene ring substituents is 1. The number of fused-ring (bicyclic) bond motifs is 1. The molecule has 2 aromatic carbocycles.